The summed E-state index contributed by atoms with van der Waals surface area (Å²) < 4.78 is 0. The normalized spacial score (nSPS) is 11.8. The zero-order valence-corrected chi connectivity index (χ0v) is 12.5. The number of hydrogen-bond acceptors (Lipinski definition) is 3. The van der Waals surface area contributed by atoms with Crippen molar-refractivity contribution in [1.82, 2.24) is 4.90 Å². The van der Waals surface area contributed by atoms with E-state index in [0.717, 1.165) is 11.3 Å². The lowest BCUT2D eigenvalue weighted by atomic mass is 10.1. The summed E-state index contributed by atoms with van der Waals surface area (Å²) in [5.41, 5.74) is 1.98. The number of carbonyl (C=O) groups excluding carboxylic acids is 1. The highest BCUT2D eigenvalue weighted by Crippen LogP contribution is 2.19. The number of anilines is 1. The fraction of sp³-hybridized carbons (Fsp3) is 0.467. The molecule has 20 heavy (non-hydrogen) atoms. The van der Waals surface area contributed by atoms with Crippen LogP contribution in [0.15, 0.2) is 24.3 Å². The lowest BCUT2D eigenvalue weighted by Gasteiger charge is -2.31. The highest BCUT2D eigenvalue weighted by Gasteiger charge is 2.23. The van der Waals surface area contributed by atoms with Gasteiger partial charge in [-0.2, -0.15) is 0 Å². The van der Waals surface area contributed by atoms with Crippen LogP contribution >= 0.6 is 0 Å². The monoisotopic (exact) mass is 278 g/mol. The van der Waals surface area contributed by atoms with Crippen molar-refractivity contribution in [3.8, 4) is 0 Å². The molecule has 1 rings (SSSR count). The van der Waals surface area contributed by atoms with Gasteiger partial charge in [-0.25, -0.2) is 0 Å². The van der Waals surface area contributed by atoms with Crippen molar-refractivity contribution in [1.29, 1.82) is 0 Å². The number of amides is 1. The van der Waals surface area contributed by atoms with Crippen LogP contribution in [0, 0.1) is 6.92 Å². The van der Waals surface area contributed by atoms with Gasteiger partial charge in [-0.3, -0.25) is 9.59 Å². The van der Waals surface area contributed by atoms with E-state index in [4.69, 9.17) is 5.11 Å². The highest BCUT2D eigenvalue weighted by atomic mass is 16.4. The van der Waals surface area contributed by atoms with Gasteiger partial charge >= 0.3 is 5.97 Å². The zero-order chi connectivity index (χ0) is 15.3. The van der Waals surface area contributed by atoms with Crippen LogP contribution in [-0.4, -0.2) is 48.6 Å². The SMILES string of the molecule is Cc1ccc(N(CCC(=O)O)C(C)C(=O)N(C)C)cc1. The van der Waals surface area contributed by atoms with Crippen LogP contribution in [0.4, 0.5) is 5.69 Å². The second-order valence-corrected chi connectivity index (χ2v) is 5.08. The molecule has 5 heteroatoms. The van der Waals surface area contributed by atoms with Crippen molar-refractivity contribution in [2.24, 2.45) is 0 Å². The van der Waals surface area contributed by atoms with Crippen molar-refractivity contribution < 1.29 is 14.7 Å². The maximum Gasteiger partial charge on any atom is 0.305 e. The maximum atomic E-state index is 12.1. The van der Waals surface area contributed by atoms with E-state index in [1.165, 1.54) is 4.90 Å². The van der Waals surface area contributed by atoms with Gasteiger partial charge in [0.15, 0.2) is 0 Å². The summed E-state index contributed by atoms with van der Waals surface area (Å²) in [6.07, 6.45) is -0.00107. The van der Waals surface area contributed by atoms with Gasteiger partial charge in [-0.05, 0) is 26.0 Å². The minimum absolute atomic E-state index is 0.00107. The second kappa shape index (κ2) is 6.93. The first-order chi connectivity index (χ1) is 9.32. The predicted molar refractivity (Wildman–Crippen MR) is 78.9 cm³/mol. The molecule has 1 aromatic carbocycles. The van der Waals surface area contributed by atoms with Crippen molar-refractivity contribution in [2.75, 3.05) is 25.5 Å². The second-order valence-electron chi connectivity index (χ2n) is 5.08. The number of carboxylic acids is 1. The molecule has 0 aliphatic heterocycles. The average Bonchev–Trinajstić information content (AvgIpc) is 2.39. The number of aliphatic carboxylic acids is 1. The average molecular weight is 278 g/mol. The summed E-state index contributed by atoms with van der Waals surface area (Å²) in [7, 11) is 3.40. The Morgan fingerprint density at radius 2 is 1.75 bits per heavy atom. The Labute approximate surface area is 119 Å². The maximum absolute atomic E-state index is 12.1. The van der Waals surface area contributed by atoms with Crippen LogP contribution in [0.1, 0.15) is 18.9 Å². The molecule has 0 aliphatic carbocycles. The summed E-state index contributed by atoms with van der Waals surface area (Å²) in [4.78, 5) is 26.2. The Morgan fingerprint density at radius 1 is 1.20 bits per heavy atom. The molecule has 0 saturated heterocycles. The molecule has 0 aliphatic rings. The Balaban J connectivity index is 2.98. The number of likely N-dealkylation sites (N-methyl/N-ethyl adjacent to an activating group) is 1. The Morgan fingerprint density at radius 3 is 2.20 bits per heavy atom. The zero-order valence-electron chi connectivity index (χ0n) is 12.5. The highest BCUT2D eigenvalue weighted by molar-refractivity contribution is 5.84. The summed E-state index contributed by atoms with van der Waals surface area (Å²) in [6, 6.07) is 7.34. The molecule has 0 saturated carbocycles. The number of nitrogens with zero attached hydrogens (tertiary/aromatic N) is 2. The van der Waals surface area contributed by atoms with Crippen LogP contribution in [0.3, 0.4) is 0 Å². The molecular formula is C15H22N2O3. The van der Waals surface area contributed by atoms with E-state index in [1.807, 2.05) is 36.1 Å². The largest absolute Gasteiger partial charge is 0.481 e. The summed E-state index contributed by atoms with van der Waals surface area (Å²) in [5, 5.41) is 8.86. The molecule has 1 unspecified atom stereocenters. The standard InChI is InChI=1S/C15H22N2O3/c1-11-5-7-13(8-6-11)17(10-9-14(18)19)12(2)15(20)16(3)4/h5-8,12H,9-10H2,1-4H3,(H,18,19). The van der Waals surface area contributed by atoms with Gasteiger partial charge in [0.2, 0.25) is 5.91 Å². The van der Waals surface area contributed by atoms with Crippen LogP contribution in [0.5, 0.6) is 0 Å². The van der Waals surface area contributed by atoms with Crippen LogP contribution in [-0.2, 0) is 9.59 Å². The molecule has 0 aromatic heterocycles. The van der Waals surface area contributed by atoms with Gasteiger partial charge in [0, 0.05) is 26.3 Å². The fourth-order valence-electron chi connectivity index (χ4n) is 2.01. The van der Waals surface area contributed by atoms with Crippen LogP contribution in [0.2, 0.25) is 0 Å². The predicted octanol–water partition coefficient (Wildman–Crippen LogP) is 1.75. The van der Waals surface area contributed by atoms with Crippen molar-refractivity contribution in [2.45, 2.75) is 26.3 Å². The molecule has 1 aromatic rings. The van der Waals surface area contributed by atoms with Gasteiger partial charge in [-0.15, -0.1) is 0 Å². The van der Waals surface area contributed by atoms with Gasteiger partial charge in [0.25, 0.3) is 0 Å². The van der Waals surface area contributed by atoms with E-state index in [0.29, 0.717) is 6.54 Å². The van der Waals surface area contributed by atoms with E-state index in [2.05, 4.69) is 0 Å². The number of hydrogen-bond donors (Lipinski definition) is 1. The van der Waals surface area contributed by atoms with Crippen molar-refractivity contribution in [3.05, 3.63) is 29.8 Å². The van der Waals surface area contributed by atoms with E-state index in [1.54, 1.807) is 21.0 Å². The summed E-state index contributed by atoms with van der Waals surface area (Å²) >= 11 is 0. The van der Waals surface area contributed by atoms with E-state index < -0.39 is 12.0 Å². The quantitative estimate of drug-likeness (QED) is 0.861. The third-order valence-electron chi connectivity index (χ3n) is 3.20. The van der Waals surface area contributed by atoms with E-state index in [-0.39, 0.29) is 12.3 Å². The first-order valence-electron chi connectivity index (χ1n) is 6.59. The number of carbonyl (C=O) groups is 2. The van der Waals surface area contributed by atoms with E-state index in [9.17, 15) is 9.59 Å². The summed E-state index contributed by atoms with van der Waals surface area (Å²) in [6.45, 7) is 4.09. The molecule has 1 atom stereocenters. The van der Waals surface area contributed by atoms with Crippen molar-refractivity contribution >= 4 is 17.6 Å². The Bertz CT molecular complexity index is 469. The third-order valence-corrected chi connectivity index (χ3v) is 3.20. The van der Waals surface area contributed by atoms with Crippen LogP contribution < -0.4 is 4.90 Å². The molecule has 0 heterocycles. The minimum Gasteiger partial charge on any atom is -0.481 e. The molecule has 1 N–H and O–H groups in total. The Kier molecular flexibility index (Phi) is 5.55. The molecule has 0 bridgehead atoms. The minimum atomic E-state index is -0.869. The molecule has 0 spiro atoms. The van der Waals surface area contributed by atoms with Crippen LogP contribution in [0.25, 0.3) is 0 Å². The first-order valence-corrected chi connectivity index (χ1v) is 6.59. The van der Waals surface area contributed by atoms with Crippen molar-refractivity contribution in [3.63, 3.8) is 0 Å². The third kappa shape index (κ3) is 4.26. The molecule has 0 radical (unpaired) electrons. The van der Waals surface area contributed by atoms with Gasteiger partial charge < -0.3 is 14.9 Å². The topological polar surface area (TPSA) is 60.9 Å². The van der Waals surface area contributed by atoms with Gasteiger partial charge in [0.05, 0.1) is 6.42 Å². The van der Waals surface area contributed by atoms with Gasteiger partial charge in [0.1, 0.15) is 6.04 Å². The summed E-state index contributed by atoms with van der Waals surface area (Å²) in [5.74, 6) is -0.914. The molecular weight excluding hydrogens is 256 g/mol. The number of aryl methyl sites for hydroxylation is 1. The molecule has 1 amide bonds. The van der Waals surface area contributed by atoms with Gasteiger partial charge in [-0.1, -0.05) is 17.7 Å². The molecule has 5 nitrogen and oxygen atoms in total. The number of benzene rings is 1. The first kappa shape index (κ1) is 16.0. The number of carboxylic acid groups (broad SMARTS) is 1. The number of rotatable bonds is 6. The van der Waals surface area contributed by atoms with E-state index >= 15 is 0 Å². The molecule has 0 fully saturated rings. The smallest absolute Gasteiger partial charge is 0.305 e. The lowest BCUT2D eigenvalue weighted by Crippen LogP contribution is -2.45. The lowest BCUT2D eigenvalue weighted by molar-refractivity contribution is -0.137. The Hall–Kier alpha value is -2.04. The molecule has 110 valence electrons. The fourth-order valence-corrected chi connectivity index (χ4v) is 2.01.